The molecule has 37 heavy (non-hydrogen) atoms. The molecule has 0 atom stereocenters. The third-order valence-electron chi connectivity index (χ3n) is 7.18. The third-order valence-corrected chi connectivity index (χ3v) is 7.18. The van der Waals surface area contributed by atoms with Gasteiger partial charge in [0.15, 0.2) is 0 Å². The summed E-state index contributed by atoms with van der Waals surface area (Å²) in [5, 5.41) is 3.12. The molecule has 0 bridgehead atoms. The van der Waals surface area contributed by atoms with E-state index in [1.165, 1.54) is 69.8 Å². The van der Waals surface area contributed by atoms with Gasteiger partial charge >= 0.3 is 0 Å². The van der Waals surface area contributed by atoms with E-state index >= 15 is 0 Å². The van der Waals surface area contributed by atoms with Crippen LogP contribution in [0.2, 0.25) is 0 Å². The lowest BCUT2D eigenvalue weighted by atomic mass is 10.1. The fraction of sp³-hybridized carbons (Fsp3) is 0.800. The van der Waals surface area contributed by atoms with Crippen molar-refractivity contribution in [2.45, 2.75) is 130 Å². The lowest BCUT2D eigenvalue weighted by Crippen LogP contribution is -3.00. The van der Waals surface area contributed by atoms with Crippen LogP contribution in [0.25, 0.3) is 0 Å². The molecule has 214 valence electrons. The Labute approximate surface area is 233 Å². The number of ether oxygens (including phenoxy) is 2. The molecular formula is C30H54ClN3O3. The number of nitrogens with one attached hydrogen (secondary N) is 1. The zero-order chi connectivity index (χ0) is 26.4. The second kappa shape index (κ2) is 17.3. The number of rotatable bonds is 18. The van der Waals surface area contributed by atoms with Crippen LogP contribution < -0.4 is 22.5 Å². The highest BCUT2D eigenvalue weighted by molar-refractivity contribution is 5.75. The molecule has 0 spiro atoms. The largest absolute Gasteiger partial charge is 1.00 e. The predicted octanol–water partition coefficient (Wildman–Crippen LogP) is 3.82. The molecule has 1 amide bonds. The number of halogens is 1. The van der Waals surface area contributed by atoms with Crippen molar-refractivity contribution in [1.82, 2.24) is 10.3 Å². The molecule has 0 radical (unpaired) electrons. The van der Waals surface area contributed by atoms with Crippen LogP contribution in [0.5, 0.6) is 5.75 Å². The van der Waals surface area contributed by atoms with Crippen molar-refractivity contribution >= 4 is 5.91 Å². The van der Waals surface area contributed by atoms with Gasteiger partial charge in [-0.15, -0.1) is 0 Å². The Morgan fingerprint density at radius 1 is 1.00 bits per heavy atom. The molecule has 1 N–H and O–H groups in total. The van der Waals surface area contributed by atoms with Crippen LogP contribution in [-0.2, 0) is 22.7 Å². The van der Waals surface area contributed by atoms with E-state index in [1.807, 2.05) is 27.0 Å². The fourth-order valence-corrected chi connectivity index (χ4v) is 4.94. The number of hydrogen-bond acceptors (Lipinski definition) is 4. The minimum Gasteiger partial charge on any atom is -1.00 e. The zero-order valence-electron chi connectivity index (χ0n) is 24.6. The van der Waals surface area contributed by atoms with Gasteiger partial charge in [0, 0.05) is 50.6 Å². The number of carbonyl (C=O) groups is 1. The van der Waals surface area contributed by atoms with E-state index in [4.69, 9.17) is 9.47 Å². The number of aromatic nitrogens is 1. The minimum atomic E-state index is -0.617. The summed E-state index contributed by atoms with van der Waals surface area (Å²) in [6.07, 6.45) is 18.0. The van der Waals surface area contributed by atoms with Crippen molar-refractivity contribution < 1.29 is 31.2 Å². The first-order valence-electron chi connectivity index (χ1n) is 14.5. The molecular weight excluding hydrogens is 486 g/mol. The van der Waals surface area contributed by atoms with Crippen LogP contribution in [0.3, 0.4) is 0 Å². The van der Waals surface area contributed by atoms with Gasteiger partial charge < -0.3 is 31.7 Å². The van der Waals surface area contributed by atoms with Gasteiger partial charge in [-0.25, -0.2) is 0 Å². The molecule has 1 aliphatic rings. The van der Waals surface area contributed by atoms with E-state index in [9.17, 15) is 4.79 Å². The molecule has 0 fully saturated rings. The number of amides is 1. The summed E-state index contributed by atoms with van der Waals surface area (Å²) in [7, 11) is 4.46. The SMILES string of the molecule is CCCCCCCCCCCCCC(=O)NCCC[N+](C)(C)Cc1cnc(C)c2c1COC(C)(C)O2.[Cl-]. The van der Waals surface area contributed by atoms with E-state index in [2.05, 4.69) is 31.3 Å². The smallest absolute Gasteiger partial charge is 0.219 e. The number of unbranched alkanes of at least 4 members (excludes halogenated alkanes) is 10. The van der Waals surface area contributed by atoms with Crippen molar-refractivity contribution in [3.8, 4) is 5.75 Å². The summed E-state index contributed by atoms with van der Waals surface area (Å²) in [5.41, 5.74) is 3.21. The number of quaternary nitrogens is 1. The molecule has 1 aromatic heterocycles. The summed E-state index contributed by atoms with van der Waals surface area (Å²) < 4.78 is 12.8. The molecule has 0 aliphatic carbocycles. The standard InChI is InChI=1S/C30H53N3O3.ClH/c1-7-8-9-10-11-12-13-14-15-16-17-19-28(34)31-20-18-21-33(5,6)23-26-22-32-25(2)29-27(26)24-35-30(3,4)36-29;/h22H,7-21,23-24H2,1-6H3;1H. The molecule has 1 aliphatic heterocycles. The fourth-order valence-electron chi connectivity index (χ4n) is 4.94. The van der Waals surface area contributed by atoms with E-state index in [-0.39, 0.29) is 18.3 Å². The maximum atomic E-state index is 12.2. The van der Waals surface area contributed by atoms with Crippen molar-refractivity contribution in [1.29, 1.82) is 0 Å². The van der Waals surface area contributed by atoms with E-state index in [0.29, 0.717) is 13.0 Å². The Morgan fingerprint density at radius 3 is 2.22 bits per heavy atom. The summed E-state index contributed by atoms with van der Waals surface area (Å²) in [5.74, 6) is 0.456. The van der Waals surface area contributed by atoms with Gasteiger partial charge in [-0.3, -0.25) is 9.78 Å². The van der Waals surface area contributed by atoms with Gasteiger partial charge in [-0.1, -0.05) is 71.1 Å². The highest BCUT2D eigenvalue weighted by Crippen LogP contribution is 2.35. The topological polar surface area (TPSA) is 60.5 Å². The van der Waals surface area contributed by atoms with Gasteiger partial charge in [-0.2, -0.15) is 0 Å². The average Bonchev–Trinajstić information content (AvgIpc) is 2.81. The summed E-state index contributed by atoms with van der Waals surface area (Å²) in [6, 6.07) is 0. The number of pyridine rings is 1. The van der Waals surface area contributed by atoms with Crippen molar-refractivity contribution in [2.24, 2.45) is 0 Å². The van der Waals surface area contributed by atoms with Crippen molar-refractivity contribution in [3.63, 3.8) is 0 Å². The second-order valence-corrected chi connectivity index (χ2v) is 11.8. The zero-order valence-corrected chi connectivity index (χ0v) is 25.4. The van der Waals surface area contributed by atoms with Crippen LogP contribution in [-0.4, -0.2) is 48.3 Å². The monoisotopic (exact) mass is 539 g/mol. The number of carbonyl (C=O) groups excluding carboxylic acids is 1. The average molecular weight is 540 g/mol. The van der Waals surface area contributed by atoms with E-state index < -0.39 is 5.79 Å². The van der Waals surface area contributed by atoms with Crippen LogP contribution >= 0.6 is 0 Å². The lowest BCUT2D eigenvalue weighted by molar-refractivity contribution is -0.903. The second-order valence-electron chi connectivity index (χ2n) is 11.8. The van der Waals surface area contributed by atoms with Crippen LogP contribution in [0, 0.1) is 6.92 Å². The van der Waals surface area contributed by atoms with Crippen LogP contribution in [0.15, 0.2) is 6.20 Å². The molecule has 0 saturated carbocycles. The number of fused-ring (bicyclic) bond motifs is 1. The highest BCUT2D eigenvalue weighted by Gasteiger charge is 2.32. The molecule has 6 nitrogen and oxygen atoms in total. The number of aryl methyl sites for hydroxylation is 1. The first kappa shape index (κ1) is 33.7. The third kappa shape index (κ3) is 13.3. The highest BCUT2D eigenvalue weighted by atomic mass is 35.5. The normalized spacial score (nSPS) is 14.4. The first-order valence-corrected chi connectivity index (χ1v) is 14.5. The number of nitrogens with zero attached hydrogens (tertiary/aromatic N) is 2. The van der Waals surface area contributed by atoms with Crippen LogP contribution in [0.4, 0.5) is 0 Å². The molecule has 0 saturated heterocycles. The Hall–Kier alpha value is -1.37. The van der Waals surface area contributed by atoms with Gasteiger partial charge in [0.1, 0.15) is 12.3 Å². The molecule has 0 aromatic carbocycles. The molecule has 2 rings (SSSR count). The van der Waals surface area contributed by atoms with Crippen molar-refractivity contribution in [2.75, 3.05) is 27.2 Å². The minimum absolute atomic E-state index is 0. The van der Waals surface area contributed by atoms with Gasteiger partial charge in [0.2, 0.25) is 11.7 Å². The molecule has 1 aromatic rings. The van der Waals surface area contributed by atoms with E-state index in [0.717, 1.165) is 54.0 Å². The Morgan fingerprint density at radius 2 is 1.59 bits per heavy atom. The molecule has 2 heterocycles. The van der Waals surface area contributed by atoms with Gasteiger partial charge in [0.05, 0.1) is 32.9 Å². The van der Waals surface area contributed by atoms with Gasteiger partial charge in [-0.05, 0) is 13.3 Å². The van der Waals surface area contributed by atoms with Gasteiger partial charge in [0.25, 0.3) is 0 Å². The van der Waals surface area contributed by atoms with Crippen molar-refractivity contribution in [3.05, 3.63) is 23.0 Å². The van der Waals surface area contributed by atoms with Crippen LogP contribution in [0.1, 0.15) is 121 Å². The molecule has 0 unspecified atom stereocenters. The van der Waals surface area contributed by atoms with E-state index in [1.54, 1.807) is 0 Å². The summed E-state index contributed by atoms with van der Waals surface area (Å²) in [6.45, 7) is 11.3. The predicted molar refractivity (Wildman–Crippen MR) is 148 cm³/mol. The lowest BCUT2D eigenvalue weighted by Gasteiger charge is -2.36. The maximum Gasteiger partial charge on any atom is 0.219 e. The first-order chi connectivity index (χ1) is 17.1. The molecule has 7 heteroatoms. The Kier molecular flexibility index (Phi) is 15.7. The Balaban J connectivity index is 0.00000684. The maximum absolute atomic E-state index is 12.2. The number of hydrogen-bond donors (Lipinski definition) is 1. The summed E-state index contributed by atoms with van der Waals surface area (Å²) in [4.78, 5) is 16.8. The summed E-state index contributed by atoms with van der Waals surface area (Å²) >= 11 is 0. The Bertz CT molecular complexity index is 799. The quantitative estimate of drug-likeness (QED) is 0.227.